The van der Waals surface area contributed by atoms with Gasteiger partial charge in [-0.3, -0.25) is 4.98 Å². The summed E-state index contributed by atoms with van der Waals surface area (Å²) in [5.41, 5.74) is 2.01. The SMILES string of the molecule is Cc1cccc(-c2cnc(CNCc3ccco3)s2)n1. The van der Waals surface area contributed by atoms with Crippen molar-refractivity contribution in [3.8, 4) is 10.6 Å². The minimum Gasteiger partial charge on any atom is -0.468 e. The highest BCUT2D eigenvalue weighted by Gasteiger charge is 2.06. The van der Waals surface area contributed by atoms with Gasteiger partial charge in [-0.05, 0) is 31.2 Å². The number of thiazole rings is 1. The quantitative estimate of drug-likeness (QED) is 0.780. The van der Waals surface area contributed by atoms with Gasteiger partial charge in [-0.25, -0.2) is 4.98 Å². The number of nitrogens with one attached hydrogen (secondary N) is 1. The third kappa shape index (κ3) is 3.12. The van der Waals surface area contributed by atoms with Crippen LogP contribution >= 0.6 is 11.3 Å². The average molecular weight is 285 g/mol. The van der Waals surface area contributed by atoms with Crippen molar-refractivity contribution in [2.45, 2.75) is 20.0 Å². The van der Waals surface area contributed by atoms with E-state index in [2.05, 4.69) is 15.3 Å². The maximum Gasteiger partial charge on any atom is 0.117 e. The van der Waals surface area contributed by atoms with Gasteiger partial charge in [-0.2, -0.15) is 0 Å². The van der Waals surface area contributed by atoms with Crippen LogP contribution in [-0.4, -0.2) is 9.97 Å². The monoisotopic (exact) mass is 285 g/mol. The molecule has 20 heavy (non-hydrogen) atoms. The minimum absolute atomic E-state index is 0.713. The molecule has 1 N–H and O–H groups in total. The largest absolute Gasteiger partial charge is 0.468 e. The van der Waals surface area contributed by atoms with Crippen LogP contribution in [0.2, 0.25) is 0 Å². The van der Waals surface area contributed by atoms with E-state index in [1.54, 1.807) is 17.6 Å². The molecule has 0 aliphatic heterocycles. The number of aryl methyl sites for hydroxylation is 1. The van der Waals surface area contributed by atoms with Crippen molar-refractivity contribution in [1.82, 2.24) is 15.3 Å². The molecular weight excluding hydrogens is 270 g/mol. The molecule has 0 saturated carbocycles. The number of rotatable bonds is 5. The summed E-state index contributed by atoms with van der Waals surface area (Å²) in [5, 5.41) is 4.36. The number of hydrogen-bond acceptors (Lipinski definition) is 5. The summed E-state index contributed by atoms with van der Waals surface area (Å²) >= 11 is 1.67. The Balaban J connectivity index is 1.62. The molecule has 3 aromatic heterocycles. The lowest BCUT2D eigenvalue weighted by molar-refractivity contribution is 0.483. The number of furan rings is 1. The van der Waals surface area contributed by atoms with E-state index < -0.39 is 0 Å². The third-order valence-corrected chi connectivity index (χ3v) is 3.87. The van der Waals surface area contributed by atoms with E-state index in [-0.39, 0.29) is 0 Å². The van der Waals surface area contributed by atoms with Crippen molar-refractivity contribution in [3.05, 3.63) is 59.3 Å². The van der Waals surface area contributed by atoms with Gasteiger partial charge in [0.15, 0.2) is 0 Å². The zero-order valence-corrected chi connectivity index (χ0v) is 12.0. The molecule has 4 nitrogen and oxygen atoms in total. The second-order valence-electron chi connectivity index (χ2n) is 4.47. The highest BCUT2D eigenvalue weighted by molar-refractivity contribution is 7.15. The average Bonchev–Trinajstić information content (AvgIpc) is 3.10. The van der Waals surface area contributed by atoms with Crippen LogP contribution in [-0.2, 0) is 13.1 Å². The van der Waals surface area contributed by atoms with Crippen LogP contribution in [0.1, 0.15) is 16.5 Å². The molecule has 3 aromatic rings. The first-order valence-electron chi connectivity index (χ1n) is 6.43. The van der Waals surface area contributed by atoms with Crippen molar-refractivity contribution < 1.29 is 4.42 Å². The van der Waals surface area contributed by atoms with Crippen LogP contribution in [0.4, 0.5) is 0 Å². The molecule has 0 amide bonds. The Labute approximate surface area is 121 Å². The smallest absolute Gasteiger partial charge is 0.117 e. The fourth-order valence-electron chi connectivity index (χ4n) is 1.90. The summed E-state index contributed by atoms with van der Waals surface area (Å²) in [6.07, 6.45) is 3.57. The Kier molecular flexibility index (Phi) is 3.90. The molecule has 0 spiro atoms. The van der Waals surface area contributed by atoms with Crippen molar-refractivity contribution >= 4 is 11.3 Å². The predicted molar refractivity (Wildman–Crippen MR) is 79.3 cm³/mol. The lowest BCUT2D eigenvalue weighted by Crippen LogP contribution is -2.11. The normalized spacial score (nSPS) is 10.8. The number of nitrogens with zero attached hydrogens (tertiary/aromatic N) is 2. The molecule has 0 radical (unpaired) electrons. The van der Waals surface area contributed by atoms with Crippen molar-refractivity contribution in [2.75, 3.05) is 0 Å². The van der Waals surface area contributed by atoms with Gasteiger partial charge < -0.3 is 9.73 Å². The maximum atomic E-state index is 5.27. The summed E-state index contributed by atoms with van der Waals surface area (Å²) in [6.45, 7) is 3.44. The van der Waals surface area contributed by atoms with Crippen molar-refractivity contribution in [2.24, 2.45) is 0 Å². The summed E-state index contributed by atoms with van der Waals surface area (Å²) < 4.78 is 5.27. The molecule has 0 aliphatic rings. The third-order valence-electron chi connectivity index (χ3n) is 2.85. The molecule has 102 valence electrons. The molecule has 0 unspecified atom stereocenters. The number of aromatic nitrogens is 2. The molecule has 0 aromatic carbocycles. The Morgan fingerprint density at radius 1 is 1.20 bits per heavy atom. The van der Waals surface area contributed by atoms with Crippen LogP contribution in [0.5, 0.6) is 0 Å². The highest BCUT2D eigenvalue weighted by atomic mass is 32.1. The minimum atomic E-state index is 0.713. The number of hydrogen-bond donors (Lipinski definition) is 1. The summed E-state index contributed by atoms with van der Waals surface area (Å²) in [7, 11) is 0. The zero-order chi connectivity index (χ0) is 13.8. The van der Waals surface area contributed by atoms with Gasteiger partial charge in [-0.1, -0.05) is 6.07 Å². The molecule has 3 heterocycles. The van der Waals surface area contributed by atoms with E-state index in [9.17, 15) is 0 Å². The highest BCUT2D eigenvalue weighted by Crippen LogP contribution is 2.24. The van der Waals surface area contributed by atoms with Gasteiger partial charge in [0.2, 0.25) is 0 Å². The first-order chi connectivity index (χ1) is 9.81. The van der Waals surface area contributed by atoms with Gasteiger partial charge in [0.1, 0.15) is 10.8 Å². The molecule has 0 atom stereocenters. The Bertz CT molecular complexity index is 676. The Hall–Kier alpha value is -1.98. The van der Waals surface area contributed by atoms with Crippen molar-refractivity contribution in [3.63, 3.8) is 0 Å². The summed E-state index contributed by atoms with van der Waals surface area (Å²) in [6, 6.07) is 9.88. The Morgan fingerprint density at radius 2 is 2.15 bits per heavy atom. The second-order valence-corrected chi connectivity index (χ2v) is 5.58. The van der Waals surface area contributed by atoms with Gasteiger partial charge in [0.25, 0.3) is 0 Å². The zero-order valence-electron chi connectivity index (χ0n) is 11.2. The van der Waals surface area contributed by atoms with Crippen LogP contribution < -0.4 is 5.32 Å². The molecule has 0 bridgehead atoms. The van der Waals surface area contributed by atoms with Gasteiger partial charge in [0.05, 0.1) is 23.4 Å². The molecular formula is C15H15N3OS. The van der Waals surface area contributed by atoms with E-state index in [1.807, 2.05) is 43.5 Å². The number of pyridine rings is 1. The summed E-state index contributed by atoms with van der Waals surface area (Å²) in [4.78, 5) is 10.0. The summed E-state index contributed by atoms with van der Waals surface area (Å²) in [5.74, 6) is 0.933. The second kappa shape index (κ2) is 5.98. The lowest BCUT2D eigenvalue weighted by Gasteiger charge is -1.99. The Morgan fingerprint density at radius 3 is 2.95 bits per heavy atom. The fourth-order valence-corrected chi connectivity index (χ4v) is 2.75. The topological polar surface area (TPSA) is 51.0 Å². The molecule has 0 aliphatic carbocycles. The van der Waals surface area contributed by atoms with Crippen LogP contribution in [0.25, 0.3) is 10.6 Å². The molecule has 0 saturated heterocycles. The molecule has 0 fully saturated rings. The van der Waals surface area contributed by atoms with Crippen LogP contribution in [0, 0.1) is 6.92 Å². The predicted octanol–water partition coefficient (Wildman–Crippen LogP) is 3.40. The fraction of sp³-hybridized carbons (Fsp3) is 0.200. The first kappa shape index (κ1) is 13.0. The van der Waals surface area contributed by atoms with Crippen LogP contribution in [0.3, 0.4) is 0 Å². The van der Waals surface area contributed by atoms with Gasteiger partial charge in [-0.15, -0.1) is 11.3 Å². The van der Waals surface area contributed by atoms with E-state index >= 15 is 0 Å². The lowest BCUT2D eigenvalue weighted by atomic mass is 10.3. The van der Waals surface area contributed by atoms with E-state index in [4.69, 9.17) is 4.42 Å². The van der Waals surface area contributed by atoms with E-state index in [1.165, 1.54) is 0 Å². The van der Waals surface area contributed by atoms with Crippen LogP contribution in [0.15, 0.2) is 47.2 Å². The standard InChI is InChI=1S/C15H15N3OS/c1-11-4-2-6-13(18-11)14-9-17-15(20-14)10-16-8-12-5-3-7-19-12/h2-7,9,16H,8,10H2,1H3. The molecule has 3 rings (SSSR count). The van der Waals surface area contributed by atoms with Gasteiger partial charge in [0, 0.05) is 18.4 Å². The molecule has 5 heteroatoms. The van der Waals surface area contributed by atoms with Gasteiger partial charge >= 0.3 is 0 Å². The van der Waals surface area contributed by atoms with E-state index in [0.29, 0.717) is 6.54 Å². The maximum absolute atomic E-state index is 5.27. The van der Waals surface area contributed by atoms with E-state index in [0.717, 1.165) is 33.6 Å². The first-order valence-corrected chi connectivity index (χ1v) is 7.25. The van der Waals surface area contributed by atoms with Crippen molar-refractivity contribution in [1.29, 1.82) is 0 Å².